The maximum atomic E-state index is 14.3. The SMILES string of the molecule is COc1ccccc1N1CCN(CCC(=O)NCc2ccccc2-c2ccccc2F)CC1. The van der Waals surface area contributed by atoms with E-state index in [1.807, 2.05) is 48.5 Å². The molecular weight excluding hydrogens is 417 g/mol. The van der Waals surface area contributed by atoms with Crippen LogP contribution in [0.2, 0.25) is 0 Å². The van der Waals surface area contributed by atoms with Crippen molar-refractivity contribution < 1.29 is 13.9 Å². The molecule has 0 aromatic heterocycles. The molecular formula is C27H30FN3O2. The van der Waals surface area contributed by atoms with E-state index in [1.165, 1.54) is 6.07 Å². The number of nitrogens with one attached hydrogen (secondary N) is 1. The van der Waals surface area contributed by atoms with Crippen LogP contribution in [-0.4, -0.2) is 50.6 Å². The lowest BCUT2D eigenvalue weighted by molar-refractivity contribution is -0.121. The molecule has 4 rings (SSSR count). The number of piperazine rings is 1. The second-order valence-electron chi connectivity index (χ2n) is 8.16. The molecule has 1 saturated heterocycles. The highest BCUT2D eigenvalue weighted by Gasteiger charge is 2.20. The van der Waals surface area contributed by atoms with Crippen molar-refractivity contribution in [1.29, 1.82) is 0 Å². The minimum absolute atomic E-state index is 0.00509. The highest BCUT2D eigenvalue weighted by Crippen LogP contribution is 2.28. The number of hydrogen-bond acceptors (Lipinski definition) is 4. The number of anilines is 1. The van der Waals surface area contributed by atoms with E-state index in [1.54, 1.807) is 19.2 Å². The first-order chi connectivity index (χ1) is 16.2. The van der Waals surface area contributed by atoms with Crippen molar-refractivity contribution in [1.82, 2.24) is 10.2 Å². The fourth-order valence-electron chi connectivity index (χ4n) is 4.26. The molecule has 0 unspecified atom stereocenters. The predicted molar refractivity (Wildman–Crippen MR) is 130 cm³/mol. The monoisotopic (exact) mass is 447 g/mol. The van der Waals surface area contributed by atoms with E-state index in [-0.39, 0.29) is 11.7 Å². The van der Waals surface area contributed by atoms with E-state index in [4.69, 9.17) is 4.74 Å². The summed E-state index contributed by atoms with van der Waals surface area (Å²) < 4.78 is 19.7. The van der Waals surface area contributed by atoms with Gasteiger partial charge in [0.2, 0.25) is 5.91 Å². The Kier molecular flexibility index (Phi) is 7.58. The molecule has 5 nitrogen and oxygen atoms in total. The predicted octanol–water partition coefficient (Wildman–Crippen LogP) is 4.33. The van der Waals surface area contributed by atoms with Gasteiger partial charge in [0.1, 0.15) is 11.6 Å². The minimum atomic E-state index is -0.261. The summed E-state index contributed by atoms with van der Waals surface area (Å²) >= 11 is 0. The lowest BCUT2D eigenvalue weighted by Gasteiger charge is -2.36. The Morgan fingerprint density at radius 3 is 2.33 bits per heavy atom. The fraction of sp³-hybridized carbons (Fsp3) is 0.296. The summed E-state index contributed by atoms with van der Waals surface area (Å²) in [6.45, 7) is 4.71. The summed E-state index contributed by atoms with van der Waals surface area (Å²) in [5.41, 5.74) is 3.38. The number of nitrogens with zero attached hydrogens (tertiary/aromatic N) is 2. The number of rotatable bonds is 8. The number of carbonyl (C=O) groups excluding carboxylic acids is 1. The molecule has 1 heterocycles. The minimum Gasteiger partial charge on any atom is -0.495 e. The Bertz CT molecular complexity index is 1080. The molecule has 0 radical (unpaired) electrons. The van der Waals surface area contributed by atoms with Crippen molar-refractivity contribution in [2.24, 2.45) is 0 Å². The van der Waals surface area contributed by atoms with Crippen LogP contribution in [0.25, 0.3) is 11.1 Å². The molecule has 0 aliphatic carbocycles. The van der Waals surface area contributed by atoms with Gasteiger partial charge in [0, 0.05) is 51.3 Å². The van der Waals surface area contributed by atoms with Crippen molar-refractivity contribution in [2.75, 3.05) is 44.7 Å². The largest absolute Gasteiger partial charge is 0.495 e. The van der Waals surface area contributed by atoms with Crippen molar-refractivity contribution in [2.45, 2.75) is 13.0 Å². The second-order valence-corrected chi connectivity index (χ2v) is 8.16. The maximum Gasteiger partial charge on any atom is 0.221 e. The summed E-state index contributed by atoms with van der Waals surface area (Å²) in [6, 6.07) is 22.4. The number of ether oxygens (including phenoxy) is 1. The van der Waals surface area contributed by atoms with E-state index in [9.17, 15) is 9.18 Å². The Labute approximate surface area is 194 Å². The van der Waals surface area contributed by atoms with Gasteiger partial charge >= 0.3 is 0 Å². The zero-order chi connectivity index (χ0) is 23.0. The highest BCUT2D eigenvalue weighted by molar-refractivity contribution is 5.77. The van der Waals surface area contributed by atoms with Gasteiger partial charge < -0.3 is 15.0 Å². The van der Waals surface area contributed by atoms with Crippen LogP contribution in [0.4, 0.5) is 10.1 Å². The summed E-state index contributed by atoms with van der Waals surface area (Å²) in [6.07, 6.45) is 0.441. The first-order valence-corrected chi connectivity index (χ1v) is 11.4. The van der Waals surface area contributed by atoms with Crippen molar-refractivity contribution >= 4 is 11.6 Å². The van der Waals surface area contributed by atoms with Crippen LogP contribution in [0.15, 0.2) is 72.8 Å². The number of halogens is 1. The van der Waals surface area contributed by atoms with Gasteiger partial charge in [-0.1, -0.05) is 54.6 Å². The average Bonchev–Trinajstić information content (AvgIpc) is 2.87. The standard InChI is InChI=1S/C27H30FN3O2/c1-33-26-13-7-6-12-25(26)31-18-16-30(17-19-31)15-14-27(32)29-20-21-8-2-3-9-22(21)23-10-4-5-11-24(23)28/h2-13H,14-20H2,1H3,(H,29,32). The molecule has 6 heteroatoms. The van der Waals surface area contributed by atoms with Crippen LogP contribution in [0.5, 0.6) is 5.75 Å². The van der Waals surface area contributed by atoms with Gasteiger partial charge in [-0.15, -0.1) is 0 Å². The molecule has 1 aliphatic rings. The average molecular weight is 448 g/mol. The Balaban J connectivity index is 1.26. The van der Waals surface area contributed by atoms with Gasteiger partial charge in [-0.05, 0) is 29.3 Å². The number of hydrogen-bond donors (Lipinski definition) is 1. The van der Waals surface area contributed by atoms with Gasteiger partial charge in [-0.2, -0.15) is 0 Å². The van der Waals surface area contributed by atoms with E-state index >= 15 is 0 Å². The van der Waals surface area contributed by atoms with Crippen LogP contribution in [0.3, 0.4) is 0 Å². The van der Waals surface area contributed by atoms with Crippen LogP contribution >= 0.6 is 0 Å². The van der Waals surface area contributed by atoms with Gasteiger partial charge in [-0.3, -0.25) is 9.69 Å². The second kappa shape index (κ2) is 11.0. The summed E-state index contributed by atoms with van der Waals surface area (Å²) in [7, 11) is 1.70. The van der Waals surface area contributed by atoms with Gasteiger partial charge in [0.15, 0.2) is 0 Å². The Hall–Kier alpha value is -3.38. The summed E-state index contributed by atoms with van der Waals surface area (Å²) in [4.78, 5) is 17.2. The van der Waals surface area contributed by atoms with Crippen LogP contribution in [0, 0.1) is 5.82 Å². The number of methoxy groups -OCH3 is 1. The lowest BCUT2D eigenvalue weighted by Crippen LogP contribution is -2.47. The molecule has 0 atom stereocenters. The van der Waals surface area contributed by atoms with Crippen molar-refractivity contribution in [3.8, 4) is 16.9 Å². The first-order valence-electron chi connectivity index (χ1n) is 11.4. The molecule has 1 N–H and O–H groups in total. The van der Waals surface area contributed by atoms with Gasteiger partial charge in [0.25, 0.3) is 0 Å². The number of para-hydroxylation sites is 2. The van der Waals surface area contributed by atoms with Gasteiger partial charge in [0.05, 0.1) is 12.8 Å². The number of benzene rings is 3. The maximum absolute atomic E-state index is 14.3. The Morgan fingerprint density at radius 1 is 0.909 bits per heavy atom. The lowest BCUT2D eigenvalue weighted by atomic mass is 9.99. The quantitative estimate of drug-likeness (QED) is 0.558. The van der Waals surface area contributed by atoms with Crippen molar-refractivity contribution in [3.63, 3.8) is 0 Å². The van der Waals surface area contributed by atoms with E-state index in [0.29, 0.717) is 18.5 Å². The van der Waals surface area contributed by atoms with Crippen molar-refractivity contribution in [3.05, 3.63) is 84.2 Å². The van der Waals surface area contributed by atoms with Crippen LogP contribution < -0.4 is 15.0 Å². The normalized spacial score (nSPS) is 14.2. The smallest absolute Gasteiger partial charge is 0.221 e. The topological polar surface area (TPSA) is 44.8 Å². The molecule has 3 aromatic rings. The molecule has 33 heavy (non-hydrogen) atoms. The molecule has 3 aromatic carbocycles. The molecule has 1 amide bonds. The third kappa shape index (κ3) is 5.71. The third-order valence-corrected chi connectivity index (χ3v) is 6.11. The van der Waals surface area contributed by atoms with Crippen LogP contribution in [0.1, 0.15) is 12.0 Å². The van der Waals surface area contributed by atoms with E-state index in [2.05, 4.69) is 21.2 Å². The first kappa shape index (κ1) is 22.8. The molecule has 1 fully saturated rings. The molecule has 172 valence electrons. The molecule has 0 spiro atoms. The highest BCUT2D eigenvalue weighted by atomic mass is 19.1. The van der Waals surface area contributed by atoms with Crippen LogP contribution in [-0.2, 0) is 11.3 Å². The van der Waals surface area contributed by atoms with Gasteiger partial charge in [-0.25, -0.2) is 4.39 Å². The van der Waals surface area contributed by atoms with E-state index in [0.717, 1.165) is 55.3 Å². The zero-order valence-electron chi connectivity index (χ0n) is 19.0. The summed E-state index contributed by atoms with van der Waals surface area (Å²) in [5.74, 6) is 0.634. The molecule has 0 saturated carbocycles. The summed E-state index contributed by atoms with van der Waals surface area (Å²) in [5, 5.41) is 3.00. The third-order valence-electron chi connectivity index (χ3n) is 6.11. The molecule has 0 bridgehead atoms. The Morgan fingerprint density at radius 2 is 1.58 bits per heavy atom. The zero-order valence-corrected chi connectivity index (χ0v) is 19.0. The fourth-order valence-corrected chi connectivity index (χ4v) is 4.26. The molecule has 1 aliphatic heterocycles. The number of carbonyl (C=O) groups is 1. The van der Waals surface area contributed by atoms with E-state index < -0.39 is 0 Å². The number of amides is 1.